The molecular weight excluding hydrogens is 508 g/mol. The van der Waals surface area contributed by atoms with Gasteiger partial charge in [0.1, 0.15) is 24.4 Å². The number of esters is 2. The molecule has 3 aliphatic heterocycles. The molecule has 0 amide bonds. The maximum atomic E-state index is 13.1. The maximum absolute atomic E-state index is 13.1. The van der Waals surface area contributed by atoms with Crippen LogP contribution in [0.1, 0.15) is 47.0 Å². The van der Waals surface area contributed by atoms with Gasteiger partial charge in [0.2, 0.25) is 0 Å². The van der Waals surface area contributed by atoms with E-state index in [1.807, 2.05) is 19.9 Å². The third kappa shape index (κ3) is 4.69. The largest absolute Gasteiger partial charge is 0.465 e. The Morgan fingerprint density at radius 2 is 1.87 bits per heavy atom. The first-order valence-corrected chi connectivity index (χ1v) is 13.8. The Morgan fingerprint density at radius 3 is 2.56 bits per heavy atom. The van der Waals surface area contributed by atoms with Crippen molar-refractivity contribution < 1.29 is 48.6 Å². The molecule has 0 aromatic heterocycles. The molecule has 2 saturated heterocycles. The highest BCUT2D eigenvalue weighted by Crippen LogP contribution is 2.72. The summed E-state index contributed by atoms with van der Waals surface area (Å²) < 4.78 is 30.2. The Kier molecular flexibility index (Phi) is 7.58. The van der Waals surface area contributed by atoms with Crippen LogP contribution >= 0.6 is 0 Å². The zero-order chi connectivity index (χ0) is 28.2. The van der Waals surface area contributed by atoms with Crippen LogP contribution in [-0.4, -0.2) is 95.4 Å². The molecule has 1 saturated carbocycles. The van der Waals surface area contributed by atoms with Crippen molar-refractivity contribution in [2.45, 2.75) is 95.3 Å². The van der Waals surface area contributed by atoms with Gasteiger partial charge in [0.25, 0.3) is 0 Å². The molecule has 3 N–H and O–H groups in total. The van der Waals surface area contributed by atoms with Crippen LogP contribution in [0.3, 0.4) is 0 Å². The van der Waals surface area contributed by atoms with Gasteiger partial charge in [0.05, 0.1) is 55.6 Å². The zero-order valence-corrected chi connectivity index (χ0v) is 22.9. The number of cyclic esters (lactones) is 1. The third-order valence-electron chi connectivity index (χ3n) is 9.79. The molecule has 2 spiro atoms. The summed E-state index contributed by atoms with van der Waals surface area (Å²) in [5.74, 6) is -1.53. The minimum absolute atomic E-state index is 0.0547. The average molecular weight is 549 g/mol. The lowest BCUT2D eigenvalue weighted by Gasteiger charge is -2.58. The van der Waals surface area contributed by atoms with Gasteiger partial charge in [-0.25, -0.2) is 4.79 Å². The first kappa shape index (κ1) is 28.4. The number of carbonyl (C=O) groups excluding carboxylic acids is 2. The summed E-state index contributed by atoms with van der Waals surface area (Å²) >= 11 is 0. The molecule has 5 rings (SSSR count). The first-order chi connectivity index (χ1) is 18.4. The van der Waals surface area contributed by atoms with E-state index in [9.17, 15) is 24.9 Å². The molecule has 0 unspecified atom stereocenters. The lowest BCUT2D eigenvalue weighted by molar-refractivity contribution is -0.239. The lowest BCUT2D eigenvalue weighted by Crippen LogP contribution is -2.68. The Balaban J connectivity index is 1.52. The van der Waals surface area contributed by atoms with Crippen molar-refractivity contribution in [3.63, 3.8) is 0 Å². The molecular formula is C29H40O10. The number of epoxide rings is 1. The van der Waals surface area contributed by atoms with E-state index in [0.717, 1.165) is 5.57 Å². The van der Waals surface area contributed by atoms with E-state index in [4.69, 9.17) is 23.7 Å². The van der Waals surface area contributed by atoms with E-state index in [1.54, 1.807) is 26.0 Å². The summed E-state index contributed by atoms with van der Waals surface area (Å²) in [6.07, 6.45) is 3.77. The van der Waals surface area contributed by atoms with Crippen LogP contribution in [0.15, 0.2) is 36.0 Å². The normalized spacial score (nSPS) is 49.0. The summed E-state index contributed by atoms with van der Waals surface area (Å²) in [6.45, 7) is 7.40. The molecule has 3 fully saturated rings. The molecule has 0 aromatic carbocycles. The summed E-state index contributed by atoms with van der Waals surface area (Å²) in [5.41, 5.74) is -1.66. The van der Waals surface area contributed by atoms with Crippen molar-refractivity contribution in [3.05, 3.63) is 36.0 Å². The number of ether oxygens (including phenoxy) is 5. The van der Waals surface area contributed by atoms with Crippen LogP contribution in [0.5, 0.6) is 0 Å². The molecule has 0 aromatic rings. The van der Waals surface area contributed by atoms with Crippen LogP contribution in [0, 0.1) is 16.7 Å². The Labute approximate surface area is 228 Å². The van der Waals surface area contributed by atoms with Crippen molar-refractivity contribution in [1.29, 1.82) is 0 Å². The third-order valence-corrected chi connectivity index (χ3v) is 9.79. The van der Waals surface area contributed by atoms with Gasteiger partial charge < -0.3 is 39.0 Å². The highest BCUT2D eigenvalue weighted by Gasteiger charge is 2.83. The SMILES string of the molecule is CC1=C[C@@H]2O[C@@H]3C[C@@H]4OC(=O)/C=C/C=C/[C@H]([C@@H](C)O)OC[C@H](O)[C@H](C)CC(=O)OC[C@]2(C[C@@H]1O)[C@@]4(C)[C@@]31CO1. The number of aliphatic hydroxyl groups is 3. The van der Waals surface area contributed by atoms with E-state index in [0.29, 0.717) is 13.0 Å². The lowest BCUT2D eigenvalue weighted by atomic mass is 9.51. The highest BCUT2D eigenvalue weighted by molar-refractivity contribution is 5.82. The maximum Gasteiger partial charge on any atom is 0.331 e. The van der Waals surface area contributed by atoms with Gasteiger partial charge in [-0.1, -0.05) is 38.2 Å². The van der Waals surface area contributed by atoms with Crippen molar-refractivity contribution in [2.24, 2.45) is 16.7 Å². The molecule has 10 nitrogen and oxygen atoms in total. The van der Waals surface area contributed by atoms with Gasteiger partial charge in [-0.2, -0.15) is 0 Å². The van der Waals surface area contributed by atoms with Crippen molar-refractivity contribution in [3.8, 4) is 0 Å². The van der Waals surface area contributed by atoms with E-state index in [-0.39, 0.29) is 32.2 Å². The summed E-state index contributed by atoms with van der Waals surface area (Å²) in [6, 6.07) is 0. The number of carbonyl (C=O) groups is 2. The monoisotopic (exact) mass is 548 g/mol. The van der Waals surface area contributed by atoms with E-state index in [2.05, 4.69) is 0 Å². The molecule has 10 heteroatoms. The summed E-state index contributed by atoms with van der Waals surface area (Å²) in [4.78, 5) is 26.0. The Morgan fingerprint density at radius 1 is 1.13 bits per heavy atom. The molecule has 5 aliphatic rings. The second-order valence-electron chi connectivity index (χ2n) is 12.1. The smallest absolute Gasteiger partial charge is 0.331 e. The number of hydrogen-bond acceptors (Lipinski definition) is 10. The van der Waals surface area contributed by atoms with Crippen molar-refractivity contribution >= 4 is 11.9 Å². The van der Waals surface area contributed by atoms with Crippen LogP contribution in [0.2, 0.25) is 0 Å². The van der Waals surface area contributed by atoms with Gasteiger partial charge in [-0.15, -0.1) is 0 Å². The minimum atomic E-state index is -0.969. The van der Waals surface area contributed by atoms with Crippen LogP contribution in [0.25, 0.3) is 0 Å². The summed E-state index contributed by atoms with van der Waals surface area (Å²) in [5, 5.41) is 31.7. The van der Waals surface area contributed by atoms with Crippen molar-refractivity contribution in [2.75, 3.05) is 19.8 Å². The van der Waals surface area contributed by atoms with Gasteiger partial charge in [-0.05, 0) is 31.8 Å². The molecule has 3 heterocycles. The second kappa shape index (κ2) is 10.4. The summed E-state index contributed by atoms with van der Waals surface area (Å²) in [7, 11) is 0. The number of rotatable bonds is 1. The number of allylic oxidation sites excluding steroid dienone is 2. The molecule has 0 radical (unpaired) electrons. The van der Waals surface area contributed by atoms with Crippen molar-refractivity contribution in [1.82, 2.24) is 0 Å². The average Bonchev–Trinajstić information content (AvgIpc) is 3.65. The van der Waals surface area contributed by atoms with Crippen LogP contribution in [-0.2, 0) is 33.3 Å². The van der Waals surface area contributed by atoms with E-state index in [1.165, 1.54) is 12.2 Å². The minimum Gasteiger partial charge on any atom is -0.465 e. The first-order valence-electron chi connectivity index (χ1n) is 13.8. The standard InChI is InChI=1S/C29H40O10/c1-16-9-23-28(12-19(16)31)14-36-26(34)10-17(2)20(32)13-35-21(18(3)30)7-5-6-8-25(33)39-22-11-24(38-23)29(15-37-29)27(22,28)4/h5-9,17-24,30-32H,10-15H2,1-4H3/b7-5+,8-6+/t17-,18-,19+,20+,21-,22+,23+,24-,27+,28+,29-/m1/s1. The van der Waals surface area contributed by atoms with Gasteiger partial charge in [0.15, 0.2) is 0 Å². The Hall–Kier alpha value is -2.08. The van der Waals surface area contributed by atoms with Gasteiger partial charge in [-0.3, -0.25) is 4.79 Å². The highest BCUT2D eigenvalue weighted by atomic mass is 16.6. The fraction of sp³-hybridized carbons (Fsp3) is 0.724. The zero-order valence-electron chi connectivity index (χ0n) is 22.9. The van der Waals surface area contributed by atoms with E-state index >= 15 is 0 Å². The predicted molar refractivity (Wildman–Crippen MR) is 137 cm³/mol. The quantitative estimate of drug-likeness (QED) is 0.250. The Bertz CT molecular complexity index is 1060. The van der Waals surface area contributed by atoms with Gasteiger partial charge in [0, 0.05) is 17.9 Å². The fourth-order valence-corrected chi connectivity index (χ4v) is 7.02. The molecule has 216 valence electrons. The number of aliphatic hydroxyl groups excluding tert-OH is 3. The fourth-order valence-electron chi connectivity index (χ4n) is 7.02. The molecule has 11 atom stereocenters. The van der Waals surface area contributed by atoms with Crippen LogP contribution in [0.4, 0.5) is 0 Å². The molecule has 2 bridgehead atoms. The second-order valence-corrected chi connectivity index (χ2v) is 12.1. The predicted octanol–water partition coefficient (Wildman–Crippen LogP) is 1.36. The topological polar surface area (TPSA) is 144 Å². The van der Waals surface area contributed by atoms with Crippen LogP contribution < -0.4 is 0 Å². The van der Waals surface area contributed by atoms with E-state index < -0.39 is 70.9 Å². The molecule has 2 aliphatic carbocycles. The van der Waals surface area contributed by atoms with Gasteiger partial charge >= 0.3 is 11.9 Å². The molecule has 39 heavy (non-hydrogen) atoms. The number of hydrogen-bond donors (Lipinski definition) is 3.